The summed E-state index contributed by atoms with van der Waals surface area (Å²) < 4.78 is 7.00. The van der Waals surface area contributed by atoms with Gasteiger partial charge in [-0.15, -0.1) is 0 Å². The van der Waals surface area contributed by atoms with Crippen LogP contribution < -0.4 is 0 Å². The molecule has 0 spiro atoms. The van der Waals surface area contributed by atoms with E-state index in [1.54, 1.807) is 6.33 Å². The second-order valence-corrected chi connectivity index (χ2v) is 4.14. The van der Waals surface area contributed by atoms with Gasteiger partial charge in [-0.25, -0.2) is 4.98 Å². The van der Waals surface area contributed by atoms with Crippen LogP contribution in [0.2, 0.25) is 0 Å². The molecule has 1 fully saturated rings. The molecule has 2 rings (SSSR count). The van der Waals surface area contributed by atoms with E-state index in [1.807, 2.05) is 24.7 Å². The molecule has 1 aliphatic heterocycles. The van der Waals surface area contributed by atoms with E-state index in [0.29, 0.717) is 12.5 Å². The Balaban J connectivity index is 2.03. The average molecular weight is 208 g/mol. The number of ether oxygens (including phenoxy) is 1. The van der Waals surface area contributed by atoms with Gasteiger partial charge in [-0.2, -0.15) is 0 Å². The maximum atomic E-state index is 11.4. The third-order valence-electron chi connectivity index (χ3n) is 2.98. The van der Waals surface area contributed by atoms with Gasteiger partial charge in [0, 0.05) is 19.2 Å². The Bertz CT molecular complexity index is 359. The van der Waals surface area contributed by atoms with E-state index in [9.17, 15) is 4.79 Å². The SMILES string of the molecule is CC[C@@H]1C(=O)OC[C@H]1Cc1cn(C)cn1. The number of carbonyl (C=O) groups excluding carboxylic acids is 1. The zero-order valence-electron chi connectivity index (χ0n) is 9.14. The summed E-state index contributed by atoms with van der Waals surface area (Å²) in [6.45, 7) is 2.58. The molecule has 1 aromatic heterocycles. The number of rotatable bonds is 3. The zero-order valence-corrected chi connectivity index (χ0v) is 9.14. The van der Waals surface area contributed by atoms with E-state index in [4.69, 9.17) is 4.74 Å². The minimum absolute atomic E-state index is 0.0431. The number of aryl methyl sites for hydroxylation is 1. The first-order valence-corrected chi connectivity index (χ1v) is 5.34. The fourth-order valence-corrected chi connectivity index (χ4v) is 2.15. The van der Waals surface area contributed by atoms with Crippen molar-refractivity contribution in [1.29, 1.82) is 0 Å². The lowest BCUT2D eigenvalue weighted by molar-refractivity contribution is -0.141. The van der Waals surface area contributed by atoms with Crippen LogP contribution in [0.25, 0.3) is 0 Å². The molecule has 1 aliphatic rings. The number of hydrogen-bond acceptors (Lipinski definition) is 3. The molecule has 2 atom stereocenters. The van der Waals surface area contributed by atoms with Gasteiger partial charge in [0.2, 0.25) is 0 Å². The Hall–Kier alpha value is -1.32. The molecule has 0 N–H and O–H groups in total. The minimum Gasteiger partial charge on any atom is -0.465 e. The smallest absolute Gasteiger partial charge is 0.309 e. The van der Waals surface area contributed by atoms with Crippen LogP contribution in [0.15, 0.2) is 12.5 Å². The van der Waals surface area contributed by atoms with E-state index in [-0.39, 0.29) is 11.9 Å². The van der Waals surface area contributed by atoms with Crippen LogP contribution in [-0.2, 0) is 23.0 Å². The Morgan fingerprint density at radius 2 is 2.47 bits per heavy atom. The highest BCUT2D eigenvalue weighted by molar-refractivity contribution is 5.74. The van der Waals surface area contributed by atoms with Crippen molar-refractivity contribution in [3.05, 3.63) is 18.2 Å². The Kier molecular flexibility index (Phi) is 2.75. The van der Waals surface area contributed by atoms with Gasteiger partial charge in [0.05, 0.1) is 24.5 Å². The van der Waals surface area contributed by atoms with E-state index >= 15 is 0 Å². The van der Waals surface area contributed by atoms with Gasteiger partial charge in [-0.3, -0.25) is 4.79 Å². The van der Waals surface area contributed by atoms with Crippen molar-refractivity contribution in [2.75, 3.05) is 6.61 Å². The first kappa shape index (κ1) is 10.2. The van der Waals surface area contributed by atoms with Crippen molar-refractivity contribution in [2.24, 2.45) is 18.9 Å². The lowest BCUT2D eigenvalue weighted by Crippen LogP contribution is -2.17. The van der Waals surface area contributed by atoms with E-state index in [1.165, 1.54) is 0 Å². The number of imidazole rings is 1. The Labute approximate surface area is 89.3 Å². The molecule has 0 amide bonds. The normalized spacial score (nSPS) is 25.6. The summed E-state index contributed by atoms with van der Waals surface area (Å²) >= 11 is 0. The third kappa shape index (κ3) is 2.03. The molecular formula is C11H16N2O2. The Morgan fingerprint density at radius 3 is 3.07 bits per heavy atom. The van der Waals surface area contributed by atoms with Crippen LogP contribution in [-0.4, -0.2) is 22.1 Å². The maximum absolute atomic E-state index is 11.4. The zero-order chi connectivity index (χ0) is 10.8. The fourth-order valence-electron chi connectivity index (χ4n) is 2.15. The summed E-state index contributed by atoms with van der Waals surface area (Å²) in [5, 5.41) is 0. The lowest BCUT2D eigenvalue weighted by Gasteiger charge is -2.10. The topological polar surface area (TPSA) is 44.1 Å². The predicted octanol–water partition coefficient (Wildman–Crippen LogP) is 1.16. The summed E-state index contributed by atoms with van der Waals surface area (Å²) in [6, 6.07) is 0. The van der Waals surface area contributed by atoms with Gasteiger partial charge in [-0.1, -0.05) is 6.92 Å². The standard InChI is InChI=1S/C11H16N2O2/c1-3-10-8(6-15-11(10)14)4-9-5-13(2)7-12-9/h5,7-8,10H,3-4,6H2,1-2H3/t8-,10+/m1/s1. The summed E-state index contributed by atoms with van der Waals surface area (Å²) in [6.07, 6.45) is 5.48. The van der Waals surface area contributed by atoms with Gasteiger partial charge >= 0.3 is 5.97 Å². The third-order valence-corrected chi connectivity index (χ3v) is 2.98. The molecule has 82 valence electrons. The second kappa shape index (κ2) is 4.04. The fraction of sp³-hybridized carbons (Fsp3) is 0.636. The van der Waals surface area contributed by atoms with Crippen molar-refractivity contribution in [1.82, 2.24) is 9.55 Å². The summed E-state index contributed by atoms with van der Waals surface area (Å²) in [7, 11) is 1.95. The van der Waals surface area contributed by atoms with Crippen LogP contribution in [0, 0.1) is 11.8 Å². The maximum Gasteiger partial charge on any atom is 0.309 e. The molecule has 0 saturated carbocycles. The number of carbonyl (C=O) groups is 1. The highest BCUT2D eigenvalue weighted by Crippen LogP contribution is 2.27. The van der Waals surface area contributed by atoms with Crippen molar-refractivity contribution in [3.8, 4) is 0 Å². The number of cyclic esters (lactones) is 1. The molecule has 0 radical (unpaired) electrons. The molecule has 2 heterocycles. The molecule has 4 heteroatoms. The average Bonchev–Trinajstić information content (AvgIpc) is 2.75. The minimum atomic E-state index is -0.0431. The summed E-state index contributed by atoms with van der Waals surface area (Å²) in [4.78, 5) is 15.6. The summed E-state index contributed by atoms with van der Waals surface area (Å²) in [5.41, 5.74) is 1.04. The molecule has 0 aromatic carbocycles. The largest absolute Gasteiger partial charge is 0.465 e. The van der Waals surface area contributed by atoms with Crippen LogP contribution in [0.5, 0.6) is 0 Å². The molecule has 0 aliphatic carbocycles. The molecule has 1 saturated heterocycles. The molecule has 15 heavy (non-hydrogen) atoms. The van der Waals surface area contributed by atoms with Crippen molar-refractivity contribution < 1.29 is 9.53 Å². The van der Waals surface area contributed by atoms with Gasteiger partial charge < -0.3 is 9.30 Å². The first-order chi connectivity index (χ1) is 7.20. The molecule has 0 unspecified atom stereocenters. The highest BCUT2D eigenvalue weighted by atomic mass is 16.5. The predicted molar refractivity (Wildman–Crippen MR) is 55.1 cm³/mol. The number of hydrogen-bond donors (Lipinski definition) is 0. The highest BCUT2D eigenvalue weighted by Gasteiger charge is 2.35. The number of nitrogens with zero attached hydrogens (tertiary/aromatic N) is 2. The number of esters is 1. The van der Waals surface area contributed by atoms with E-state index in [2.05, 4.69) is 4.98 Å². The molecule has 1 aromatic rings. The number of aromatic nitrogens is 2. The van der Waals surface area contributed by atoms with Gasteiger partial charge in [0.1, 0.15) is 0 Å². The monoisotopic (exact) mass is 208 g/mol. The van der Waals surface area contributed by atoms with E-state index in [0.717, 1.165) is 18.5 Å². The van der Waals surface area contributed by atoms with Crippen molar-refractivity contribution >= 4 is 5.97 Å². The van der Waals surface area contributed by atoms with Crippen molar-refractivity contribution in [2.45, 2.75) is 19.8 Å². The quantitative estimate of drug-likeness (QED) is 0.700. The van der Waals surface area contributed by atoms with Gasteiger partial charge in [-0.05, 0) is 12.8 Å². The lowest BCUT2D eigenvalue weighted by atomic mass is 9.89. The molecule has 4 nitrogen and oxygen atoms in total. The van der Waals surface area contributed by atoms with Gasteiger partial charge in [0.25, 0.3) is 0 Å². The molecule has 0 bridgehead atoms. The van der Waals surface area contributed by atoms with E-state index < -0.39 is 0 Å². The van der Waals surface area contributed by atoms with Crippen LogP contribution in [0.3, 0.4) is 0 Å². The van der Waals surface area contributed by atoms with Gasteiger partial charge in [0.15, 0.2) is 0 Å². The van der Waals surface area contributed by atoms with Crippen molar-refractivity contribution in [3.63, 3.8) is 0 Å². The Morgan fingerprint density at radius 1 is 1.67 bits per heavy atom. The van der Waals surface area contributed by atoms with Crippen LogP contribution in [0.1, 0.15) is 19.0 Å². The van der Waals surface area contributed by atoms with Crippen LogP contribution >= 0.6 is 0 Å². The second-order valence-electron chi connectivity index (χ2n) is 4.14. The first-order valence-electron chi connectivity index (χ1n) is 5.34. The summed E-state index contributed by atoms with van der Waals surface area (Å²) in [5.74, 6) is 0.322. The van der Waals surface area contributed by atoms with Crippen LogP contribution in [0.4, 0.5) is 0 Å². The molecular weight excluding hydrogens is 192 g/mol.